The van der Waals surface area contributed by atoms with E-state index in [2.05, 4.69) is 29.6 Å². The van der Waals surface area contributed by atoms with Gasteiger partial charge in [0.2, 0.25) is 0 Å². The van der Waals surface area contributed by atoms with E-state index in [9.17, 15) is 14.7 Å². The van der Waals surface area contributed by atoms with Gasteiger partial charge in [-0.2, -0.15) is 0 Å². The molecule has 1 aliphatic carbocycles. The number of carboxylic acids is 1. The van der Waals surface area contributed by atoms with E-state index in [0.717, 1.165) is 22.3 Å². The van der Waals surface area contributed by atoms with Gasteiger partial charge in [0, 0.05) is 5.92 Å². The van der Waals surface area contributed by atoms with E-state index in [1.807, 2.05) is 45.0 Å². The third kappa shape index (κ3) is 5.39. The molecule has 6 nitrogen and oxygen atoms in total. The number of ether oxygens (including phenoxy) is 2. The number of fused-ring (bicyclic) bond motifs is 3. The van der Waals surface area contributed by atoms with Crippen molar-refractivity contribution in [3.8, 4) is 16.9 Å². The van der Waals surface area contributed by atoms with Crippen LogP contribution in [0.1, 0.15) is 55.8 Å². The van der Waals surface area contributed by atoms with Gasteiger partial charge in [-0.05, 0) is 60.7 Å². The Hall–Kier alpha value is -3.80. The molecule has 3 aromatic rings. The average Bonchev–Trinajstić information content (AvgIpc) is 3.10. The third-order valence-electron chi connectivity index (χ3n) is 5.70. The summed E-state index contributed by atoms with van der Waals surface area (Å²) in [7, 11) is 0. The molecule has 0 bridgehead atoms. The highest BCUT2D eigenvalue weighted by Gasteiger charge is 2.29. The van der Waals surface area contributed by atoms with Crippen molar-refractivity contribution in [1.82, 2.24) is 5.32 Å². The van der Waals surface area contributed by atoms with Crippen LogP contribution in [-0.4, -0.2) is 29.4 Å². The molecule has 1 aliphatic rings. The molecule has 0 heterocycles. The normalized spacial score (nSPS) is 13.5. The lowest BCUT2D eigenvalue weighted by Gasteiger charge is -2.23. The number of carbonyl (C=O) groups excluding carboxylic acids is 1. The van der Waals surface area contributed by atoms with E-state index in [1.165, 1.54) is 0 Å². The maximum absolute atomic E-state index is 12.7. The Bertz CT molecular complexity index is 1150. The van der Waals surface area contributed by atoms with Crippen LogP contribution in [0.4, 0.5) is 4.79 Å². The van der Waals surface area contributed by atoms with Crippen molar-refractivity contribution in [1.29, 1.82) is 0 Å². The number of benzene rings is 3. The molecule has 2 N–H and O–H groups in total. The van der Waals surface area contributed by atoms with E-state index in [-0.39, 0.29) is 18.9 Å². The number of rotatable bonds is 7. The fourth-order valence-electron chi connectivity index (χ4n) is 4.36. The molecular weight excluding hydrogens is 430 g/mol. The fourth-order valence-corrected chi connectivity index (χ4v) is 4.36. The van der Waals surface area contributed by atoms with Crippen molar-refractivity contribution in [2.24, 2.45) is 0 Å². The van der Waals surface area contributed by atoms with Crippen LogP contribution in [-0.2, 0) is 9.53 Å². The zero-order valence-corrected chi connectivity index (χ0v) is 19.6. The standard InChI is InChI=1S/C28H29NO5/c1-28(2,3)34-19-10-8-9-18(15-19)25(16-26(30)31)29-27(32)33-17-24-22-13-6-4-11-20(22)21-12-5-7-14-23(21)24/h4-15,24-25H,16-17H2,1-3H3,(H,29,32)(H,30,31)/t25-/m1/s1. The summed E-state index contributed by atoms with van der Waals surface area (Å²) >= 11 is 0. The maximum atomic E-state index is 12.7. The number of hydrogen-bond donors (Lipinski definition) is 2. The molecule has 34 heavy (non-hydrogen) atoms. The molecule has 0 spiro atoms. The van der Waals surface area contributed by atoms with E-state index in [4.69, 9.17) is 9.47 Å². The van der Waals surface area contributed by atoms with Gasteiger partial charge in [-0.1, -0.05) is 60.7 Å². The molecule has 3 aromatic carbocycles. The van der Waals surface area contributed by atoms with Crippen molar-refractivity contribution in [2.75, 3.05) is 6.61 Å². The number of alkyl carbamates (subject to hydrolysis) is 1. The first-order valence-electron chi connectivity index (χ1n) is 11.3. The Labute approximate surface area is 199 Å². The van der Waals surface area contributed by atoms with Crippen LogP contribution in [0.5, 0.6) is 5.75 Å². The SMILES string of the molecule is CC(C)(C)Oc1cccc([C@@H](CC(=O)O)NC(=O)OCC2c3ccccc3-c3ccccc32)c1. The summed E-state index contributed by atoms with van der Waals surface area (Å²) < 4.78 is 11.5. The van der Waals surface area contributed by atoms with Gasteiger partial charge < -0.3 is 19.9 Å². The number of hydrogen-bond acceptors (Lipinski definition) is 4. The largest absolute Gasteiger partial charge is 0.488 e. The number of amides is 1. The lowest BCUT2D eigenvalue weighted by molar-refractivity contribution is -0.137. The summed E-state index contributed by atoms with van der Waals surface area (Å²) in [6, 6.07) is 22.6. The van der Waals surface area contributed by atoms with E-state index >= 15 is 0 Å². The van der Waals surface area contributed by atoms with Crippen LogP contribution in [0.25, 0.3) is 11.1 Å². The van der Waals surface area contributed by atoms with Gasteiger partial charge in [0.1, 0.15) is 18.0 Å². The second-order valence-electron chi connectivity index (χ2n) is 9.41. The van der Waals surface area contributed by atoms with Crippen LogP contribution in [0.2, 0.25) is 0 Å². The molecule has 0 aromatic heterocycles. The second-order valence-corrected chi connectivity index (χ2v) is 9.41. The lowest BCUT2D eigenvalue weighted by atomic mass is 9.98. The highest BCUT2D eigenvalue weighted by Crippen LogP contribution is 2.44. The van der Waals surface area contributed by atoms with Crippen LogP contribution in [0.3, 0.4) is 0 Å². The number of carbonyl (C=O) groups is 2. The van der Waals surface area contributed by atoms with Crippen LogP contribution in [0, 0.1) is 0 Å². The molecule has 176 valence electrons. The second kappa shape index (κ2) is 9.59. The Morgan fingerprint density at radius 1 is 0.941 bits per heavy atom. The van der Waals surface area contributed by atoms with Crippen LogP contribution >= 0.6 is 0 Å². The Morgan fingerprint density at radius 3 is 2.15 bits per heavy atom. The summed E-state index contributed by atoms with van der Waals surface area (Å²) in [5.41, 5.74) is 4.76. The first-order valence-corrected chi connectivity index (χ1v) is 11.3. The third-order valence-corrected chi connectivity index (χ3v) is 5.70. The van der Waals surface area contributed by atoms with Crippen molar-refractivity contribution in [3.63, 3.8) is 0 Å². The average molecular weight is 460 g/mol. The zero-order valence-electron chi connectivity index (χ0n) is 19.6. The number of aliphatic carboxylic acids is 1. The summed E-state index contributed by atoms with van der Waals surface area (Å²) in [6.07, 6.45) is -0.932. The molecule has 0 aliphatic heterocycles. The first kappa shape index (κ1) is 23.4. The van der Waals surface area contributed by atoms with Gasteiger partial charge in [0.25, 0.3) is 0 Å². The van der Waals surface area contributed by atoms with E-state index in [0.29, 0.717) is 11.3 Å². The van der Waals surface area contributed by atoms with Gasteiger partial charge in [-0.25, -0.2) is 4.79 Å². The molecular formula is C28H29NO5. The smallest absolute Gasteiger partial charge is 0.407 e. The van der Waals surface area contributed by atoms with E-state index in [1.54, 1.807) is 24.3 Å². The topological polar surface area (TPSA) is 84.9 Å². The number of carboxylic acid groups (broad SMARTS) is 1. The van der Waals surface area contributed by atoms with Crippen molar-refractivity contribution in [3.05, 3.63) is 89.5 Å². The summed E-state index contributed by atoms with van der Waals surface area (Å²) in [5.74, 6) is -0.486. The van der Waals surface area contributed by atoms with Gasteiger partial charge in [-0.3, -0.25) is 4.79 Å². The highest BCUT2D eigenvalue weighted by molar-refractivity contribution is 5.79. The minimum atomic E-state index is -1.02. The molecule has 0 saturated carbocycles. The molecule has 0 radical (unpaired) electrons. The Kier molecular flexibility index (Phi) is 6.59. The van der Waals surface area contributed by atoms with Crippen LogP contribution < -0.4 is 10.1 Å². The van der Waals surface area contributed by atoms with Crippen molar-refractivity contribution in [2.45, 2.75) is 44.8 Å². The highest BCUT2D eigenvalue weighted by atomic mass is 16.5. The van der Waals surface area contributed by atoms with Crippen molar-refractivity contribution >= 4 is 12.1 Å². The van der Waals surface area contributed by atoms with Crippen LogP contribution in [0.15, 0.2) is 72.8 Å². The summed E-state index contributed by atoms with van der Waals surface area (Å²) in [4.78, 5) is 24.2. The maximum Gasteiger partial charge on any atom is 0.407 e. The van der Waals surface area contributed by atoms with Gasteiger partial charge >= 0.3 is 12.1 Å². The quantitative estimate of drug-likeness (QED) is 0.458. The summed E-state index contributed by atoms with van der Waals surface area (Å²) in [5, 5.41) is 12.1. The minimum Gasteiger partial charge on any atom is -0.488 e. The summed E-state index contributed by atoms with van der Waals surface area (Å²) in [6.45, 7) is 5.96. The van der Waals surface area contributed by atoms with Crippen molar-refractivity contribution < 1.29 is 24.2 Å². The minimum absolute atomic E-state index is 0.0698. The molecule has 1 atom stereocenters. The Morgan fingerprint density at radius 2 is 1.56 bits per heavy atom. The molecule has 1 amide bonds. The molecule has 0 saturated heterocycles. The predicted octanol–water partition coefficient (Wildman–Crippen LogP) is 5.92. The first-order chi connectivity index (χ1) is 16.2. The molecule has 6 heteroatoms. The molecule has 0 unspecified atom stereocenters. The van der Waals surface area contributed by atoms with Gasteiger partial charge in [0.05, 0.1) is 12.5 Å². The number of nitrogens with one attached hydrogen (secondary N) is 1. The van der Waals surface area contributed by atoms with E-state index < -0.39 is 23.7 Å². The predicted molar refractivity (Wildman–Crippen MR) is 130 cm³/mol. The monoisotopic (exact) mass is 459 g/mol. The fraction of sp³-hybridized carbons (Fsp3) is 0.286. The van der Waals surface area contributed by atoms with Gasteiger partial charge in [0.15, 0.2) is 0 Å². The zero-order chi connectivity index (χ0) is 24.3. The lowest BCUT2D eigenvalue weighted by Crippen LogP contribution is -2.31. The molecule has 4 rings (SSSR count). The Balaban J connectivity index is 1.48. The van der Waals surface area contributed by atoms with Gasteiger partial charge in [-0.15, -0.1) is 0 Å². The molecule has 0 fully saturated rings.